The van der Waals surface area contributed by atoms with Crippen LogP contribution in [0.5, 0.6) is 0 Å². The molecule has 0 bridgehead atoms. The summed E-state index contributed by atoms with van der Waals surface area (Å²) in [6.45, 7) is -0.690. The molecule has 1 fully saturated rings. The molecule has 0 aliphatic carbocycles. The van der Waals surface area contributed by atoms with E-state index in [1.165, 1.54) is 0 Å². The van der Waals surface area contributed by atoms with Crippen LogP contribution in [0.25, 0.3) is 0 Å². The van der Waals surface area contributed by atoms with Crippen LogP contribution in [0.4, 0.5) is 19.0 Å². The second kappa shape index (κ2) is 7.04. The summed E-state index contributed by atoms with van der Waals surface area (Å²) in [5.41, 5.74) is -1.06. The van der Waals surface area contributed by atoms with Gasteiger partial charge in [-0.25, -0.2) is 9.78 Å². The molecular formula is C13H11ClF3N3O4. The third-order valence-electron chi connectivity index (χ3n) is 3.05. The number of pyridine rings is 1. The van der Waals surface area contributed by atoms with Gasteiger partial charge in [0, 0.05) is 12.6 Å². The lowest BCUT2D eigenvalue weighted by Gasteiger charge is -2.11. The van der Waals surface area contributed by atoms with Gasteiger partial charge in [0.05, 0.1) is 10.6 Å². The first-order valence-corrected chi connectivity index (χ1v) is 7.03. The third-order valence-corrected chi connectivity index (χ3v) is 3.34. The van der Waals surface area contributed by atoms with E-state index >= 15 is 0 Å². The van der Waals surface area contributed by atoms with Gasteiger partial charge in [-0.15, -0.1) is 0 Å². The number of aromatic nitrogens is 1. The molecule has 2 N–H and O–H groups in total. The van der Waals surface area contributed by atoms with Crippen molar-refractivity contribution < 1.29 is 32.3 Å². The molecule has 2 amide bonds. The highest BCUT2D eigenvalue weighted by Gasteiger charge is 2.32. The first-order chi connectivity index (χ1) is 11.2. The van der Waals surface area contributed by atoms with E-state index in [2.05, 4.69) is 15.6 Å². The van der Waals surface area contributed by atoms with Crippen LogP contribution in [0.15, 0.2) is 12.3 Å². The number of carbonyl (C=O) groups is 3. The summed E-state index contributed by atoms with van der Waals surface area (Å²) < 4.78 is 42.1. The van der Waals surface area contributed by atoms with Crippen molar-refractivity contribution in [1.29, 1.82) is 0 Å². The Morgan fingerprint density at radius 2 is 2.17 bits per heavy atom. The summed E-state index contributed by atoms with van der Waals surface area (Å²) in [6, 6.07) is -0.192. The van der Waals surface area contributed by atoms with Crippen LogP contribution in [-0.4, -0.2) is 35.4 Å². The van der Waals surface area contributed by atoms with E-state index in [0.717, 1.165) is 0 Å². The number of rotatable bonds is 4. The Bertz CT molecular complexity index is 681. The summed E-state index contributed by atoms with van der Waals surface area (Å²) in [5, 5.41) is 4.09. The molecule has 1 aromatic heterocycles. The first-order valence-electron chi connectivity index (χ1n) is 6.65. The zero-order chi connectivity index (χ0) is 17.9. The van der Waals surface area contributed by atoms with Crippen molar-refractivity contribution in [2.45, 2.75) is 25.1 Å². The molecular weight excluding hydrogens is 355 g/mol. The van der Waals surface area contributed by atoms with Crippen molar-refractivity contribution in [1.82, 2.24) is 10.3 Å². The molecule has 0 unspecified atom stereocenters. The molecule has 24 heavy (non-hydrogen) atoms. The molecule has 0 radical (unpaired) electrons. The van der Waals surface area contributed by atoms with Crippen LogP contribution in [-0.2, 0) is 25.3 Å². The quantitative estimate of drug-likeness (QED) is 0.788. The van der Waals surface area contributed by atoms with Gasteiger partial charge < -0.3 is 15.4 Å². The molecule has 1 aliphatic rings. The lowest BCUT2D eigenvalue weighted by molar-refractivity contribution is -0.149. The number of carbonyl (C=O) groups excluding carboxylic acids is 3. The number of hydrogen-bond donors (Lipinski definition) is 2. The third kappa shape index (κ3) is 4.57. The Labute approximate surface area is 138 Å². The van der Waals surface area contributed by atoms with Crippen LogP contribution in [0, 0.1) is 0 Å². The molecule has 7 nitrogen and oxygen atoms in total. The number of halogens is 4. The highest BCUT2D eigenvalue weighted by molar-refractivity contribution is 6.33. The minimum atomic E-state index is -4.61. The Balaban J connectivity index is 1.88. The number of ether oxygens (including phenoxy) is 1. The zero-order valence-corrected chi connectivity index (χ0v) is 12.7. The average Bonchev–Trinajstić information content (AvgIpc) is 2.92. The van der Waals surface area contributed by atoms with Gasteiger partial charge in [-0.3, -0.25) is 9.59 Å². The molecule has 0 spiro atoms. The molecule has 1 saturated heterocycles. The van der Waals surface area contributed by atoms with Gasteiger partial charge in [0.1, 0.15) is 6.04 Å². The number of amides is 2. The lowest BCUT2D eigenvalue weighted by Crippen LogP contribution is -2.36. The summed E-state index contributed by atoms with van der Waals surface area (Å²) in [4.78, 5) is 37.6. The monoisotopic (exact) mass is 365 g/mol. The summed E-state index contributed by atoms with van der Waals surface area (Å²) in [6.07, 6.45) is -3.63. The second-order valence-electron chi connectivity index (χ2n) is 4.87. The highest BCUT2D eigenvalue weighted by Crippen LogP contribution is 2.32. The van der Waals surface area contributed by atoms with Crippen molar-refractivity contribution in [2.24, 2.45) is 0 Å². The maximum atomic E-state index is 12.5. The van der Waals surface area contributed by atoms with Gasteiger partial charge in [-0.05, 0) is 12.5 Å². The molecule has 0 saturated carbocycles. The van der Waals surface area contributed by atoms with Gasteiger partial charge >= 0.3 is 12.1 Å². The van der Waals surface area contributed by atoms with E-state index in [-0.39, 0.29) is 24.6 Å². The minimum Gasteiger partial charge on any atom is -0.454 e. The molecule has 11 heteroatoms. The fraction of sp³-hybridized carbons (Fsp3) is 0.385. The van der Waals surface area contributed by atoms with Crippen molar-refractivity contribution in [3.05, 3.63) is 22.8 Å². The lowest BCUT2D eigenvalue weighted by atomic mass is 10.2. The van der Waals surface area contributed by atoms with Crippen LogP contribution >= 0.6 is 11.6 Å². The second-order valence-corrected chi connectivity index (χ2v) is 5.27. The van der Waals surface area contributed by atoms with Gasteiger partial charge in [0.15, 0.2) is 12.4 Å². The van der Waals surface area contributed by atoms with E-state index in [1.54, 1.807) is 0 Å². The fourth-order valence-electron chi connectivity index (χ4n) is 1.88. The smallest absolute Gasteiger partial charge is 0.417 e. The number of nitrogens with one attached hydrogen (secondary N) is 2. The average molecular weight is 366 g/mol. The van der Waals surface area contributed by atoms with Gasteiger partial charge in [0.2, 0.25) is 5.91 Å². The first kappa shape index (κ1) is 18.0. The number of nitrogens with zero attached hydrogens (tertiary/aromatic N) is 1. The van der Waals surface area contributed by atoms with Crippen LogP contribution in [0.2, 0.25) is 5.02 Å². The Morgan fingerprint density at radius 3 is 2.71 bits per heavy atom. The van der Waals surface area contributed by atoms with E-state index < -0.39 is 41.3 Å². The van der Waals surface area contributed by atoms with Crippen LogP contribution in [0.3, 0.4) is 0 Å². The standard InChI is InChI=1S/C13H11ClF3N3O4/c14-7-3-6(13(15,16)17)4-18-11(7)20-10(22)5-24-12(23)8-1-2-9(21)19-8/h3-4,8H,1-2,5H2,(H,19,21)(H,18,20,22)/t8-/m0/s1. The molecule has 0 aromatic carbocycles. The topological polar surface area (TPSA) is 97.4 Å². The molecule has 1 aromatic rings. The molecule has 1 atom stereocenters. The zero-order valence-electron chi connectivity index (χ0n) is 11.9. The van der Waals surface area contributed by atoms with E-state index in [9.17, 15) is 27.6 Å². The molecule has 2 rings (SSSR count). The van der Waals surface area contributed by atoms with Crippen molar-refractivity contribution in [2.75, 3.05) is 11.9 Å². The highest BCUT2D eigenvalue weighted by atomic mass is 35.5. The van der Waals surface area contributed by atoms with Crippen LogP contribution in [0.1, 0.15) is 18.4 Å². The Morgan fingerprint density at radius 1 is 1.46 bits per heavy atom. The van der Waals surface area contributed by atoms with E-state index in [1.807, 2.05) is 0 Å². The van der Waals surface area contributed by atoms with Gasteiger partial charge in [0.25, 0.3) is 5.91 Å². The maximum absolute atomic E-state index is 12.5. The van der Waals surface area contributed by atoms with Crippen LogP contribution < -0.4 is 10.6 Å². The summed E-state index contributed by atoms with van der Waals surface area (Å²) in [7, 11) is 0. The Kier molecular flexibility index (Phi) is 5.27. The molecule has 1 aliphatic heterocycles. The number of alkyl halides is 3. The maximum Gasteiger partial charge on any atom is 0.417 e. The predicted octanol–water partition coefficient (Wildman–Crippen LogP) is 1.51. The van der Waals surface area contributed by atoms with Crippen molar-refractivity contribution in [3.8, 4) is 0 Å². The molecule has 2 heterocycles. The van der Waals surface area contributed by atoms with Gasteiger partial charge in [-0.1, -0.05) is 11.6 Å². The number of anilines is 1. The summed E-state index contributed by atoms with van der Waals surface area (Å²) >= 11 is 5.63. The number of hydrogen-bond acceptors (Lipinski definition) is 5. The largest absolute Gasteiger partial charge is 0.454 e. The molecule has 130 valence electrons. The van der Waals surface area contributed by atoms with Crippen molar-refractivity contribution >= 4 is 35.2 Å². The normalized spacial score (nSPS) is 17.3. The SMILES string of the molecule is O=C(COC(=O)[C@@H]1CCC(=O)N1)Nc1ncc(C(F)(F)F)cc1Cl. The Hall–Kier alpha value is -2.36. The summed E-state index contributed by atoms with van der Waals surface area (Å²) in [5.74, 6) is -2.19. The minimum absolute atomic E-state index is 0.192. The number of esters is 1. The fourth-order valence-corrected chi connectivity index (χ4v) is 2.09. The van der Waals surface area contributed by atoms with Crippen molar-refractivity contribution in [3.63, 3.8) is 0 Å². The van der Waals surface area contributed by atoms with E-state index in [0.29, 0.717) is 12.3 Å². The van der Waals surface area contributed by atoms with E-state index in [4.69, 9.17) is 16.3 Å². The predicted molar refractivity (Wildman–Crippen MR) is 75.0 cm³/mol. The van der Waals surface area contributed by atoms with Gasteiger partial charge in [-0.2, -0.15) is 13.2 Å².